The highest BCUT2D eigenvalue weighted by atomic mass is 79.9. The highest BCUT2D eigenvalue weighted by Gasteiger charge is 2.31. The van der Waals surface area contributed by atoms with Gasteiger partial charge >= 0.3 is 5.97 Å². The fraction of sp³-hybridized carbons (Fsp3) is 0.321. The Balaban J connectivity index is 1.90. The predicted molar refractivity (Wildman–Crippen MR) is 152 cm³/mol. The number of fused-ring (bicyclic) bond motifs is 1. The zero-order valence-corrected chi connectivity index (χ0v) is 24.7. The summed E-state index contributed by atoms with van der Waals surface area (Å²) >= 11 is 4.79. The maximum atomic E-state index is 13.8. The summed E-state index contributed by atoms with van der Waals surface area (Å²) in [5, 5.41) is 0. The molecule has 39 heavy (non-hydrogen) atoms. The Kier molecular flexibility index (Phi) is 9.13. The van der Waals surface area contributed by atoms with Crippen LogP contribution in [0.25, 0.3) is 6.08 Å². The number of benzene rings is 2. The molecule has 0 radical (unpaired) electrons. The number of halogens is 1. The molecule has 9 nitrogen and oxygen atoms in total. The lowest BCUT2D eigenvalue weighted by molar-refractivity contribution is -0.136. The monoisotopic (exact) mass is 616 g/mol. The van der Waals surface area contributed by atoms with E-state index in [4.69, 9.17) is 23.7 Å². The van der Waals surface area contributed by atoms with Gasteiger partial charge in [-0.3, -0.25) is 9.36 Å². The second-order valence-corrected chi connectivity index (χ2v) is 10.1. The van der Waals surface area contributed by atoms with Gasteiger partial charge in [0.2, 0.25) is 0 Å². The number of rotatable bonds is 10. The van der Waals surface area contributed by atoms with Crippen LogP contribution in [0.1, 0.15) is 37.9 Å². The molecule has 0 spiro atoms. The molecule has 1 aliphatic heterocycles. The second-order valence-electron chi connectivity index (χ2n) is 8.21. The molecule has 0 fully saturated rings. The summed E-state index contributed by atoms with van der Waals surface area (Å²) in [7, 11) is 2.86. The van der Waals surface area contributed by atoms with Gasteiger partial charge in [0.1, 0.15) is 0 Å². The molecule has 2 aromatic carbocycles. The van der Waals surface area contributed by atoms with Crippen molar-refractivity contribution in [3.8, 4) is 23.0 Å². The lowest BCUT2D eigenvalue weighted by Gasteiger charge is -2.23. The van der Waals surface area contributed by atoms with E-state index in [1.807, 2.05) is 26.8 Å². The average molecular weight is 618 g/mol. The van der Waals surface area contributed by atoms with Crippen molar-refractivity contribution < 1.29 is 28.5 Å². The zero-order chi connectivity index (χ0) is 28.1. The summed E-state index contributed by atoms with van der Waals surface area (Å²) in [6.45, 7) is 7.03. The smallest absolute Gasteiger partial charge is 0.337 e. The van der Waals surface area contributed by atoms with Crippen LogP contribution < -0.4 is 33.8 Å². The molecule has 4 rings (SSSR count). The Morgan fingerprint density at radius 1 is 1.00 bits per heavy atom. The number of hydrogen-bond acceptors (Lipinski definition) is 9. The number of nitrogens with zero attached hydrogens (tertiary/aromatic N) is 2. The van der Waals surface area contributed by atoms with Gasteiger partial charge in [0.25, 0.3) is 5.56 Å². The van der Waals surface area contributed by atoms with E-state index in [-0.39, 0.29) is 11.1 Å². The highest BCUT2D eigenvalue weighted by Crippen LogP contribution is 2.36. The van der Waals surface area contributed by atoms with Crippen molar-refractivity contribution in [1.82, 2.24) is 4.57 Å². The van der Waals surface area contributed by atoms with Crippen molar-refractivity contribution in [2.45, 2.75) is 26.8 Å². The molecule has 2 heterocycles. The van der Waals surface area contributed by atoms with Gasteiger partial charge in [0.15, 0.2) is 27.8 Å². The molecule has 0 unspecified atom stereocenters. The molecule has 1 aliphatic rings. The first-order valence-corrected chi connectivity index (χ1v) is 14.0. The van der Waals surface area contributed by atoms with E-state index in [1.165, 1.54) is 29.2 Å². The van der Waals surface area contributed by atoms with Gasteiger partial charge in [-0.1, -0.05) is 33.3 Å². The maximum absolute atomic E-state index is 13.8. The van der Waals surface area contributed by atoms with Crippen LogP contribution in [0.4, 0.5) is 0 Å². The lowest BCUT2D eigenvalue weighted by atomic mass is 9.97. The van der Waals surface area contributed by atoms with Crippen molar-refractivity contribution >= 4 is 39.3 Å². The molecule has 0 bridgehead atoms. The largest absolute Gasteiger partial charge is 0.493 e. The number of methoxy groups -OCH3 is 2. The summed E-state index contributed by atoms with van der Waals surface area (Å²) in [6.07, 6.45) is 3.22. The van der Waals surface area contributed by atoms with Crippen LogP contribution in [0.2, 0.25) is 0 Å². The zero-order valence-electron chi connectivity index (χ0n) is 22.3. The summed E-state index contributed by atoms with van der Waals surface area (Å²) in [4.78, 5) is 31.5. The predicted octanol–water partition coefficient (Wildman–Crippen LogP) is 3.99. The van der Waals surface area contributed by atoms with Gasteiger partial charge in [-0.25, -0.2) is 9.79 Å². The number of esters is 1. The highest BCUT2D eigenvalue weighted by molar-refractivity contribution is 9.10. The molecule has 1 aromatic heterocycles. The molecule has 3 aromatic rings. The van der Waals surface area contributed by atoms with Crippen LogP contribution in [0.15, 0.2) is 56.4 Å². The van der Waals surface area contributed by atoms with Gasteiger partial charge in [-0.15, -0.1) is 0 Å². The van der Waals surface area contributed by atoms with Crippen LogP contribution in [0.3, 0.4) is 0 Å². The molecule has 0 amide bonds. The summed E-state index contributed by atoms with van der Waals surface area (Å²) in [6, 6.07) is 8.20. The first kappa shape index (κ1) is 28.4. The third-order valence-corrected chi connectivity index (χ3v) is 7.56. The number of thiazole rings is 1. The Bertz CT molecular complexity index is 1590. The minimum atomic E-state index is -0.774. The summed E-state index contributed by atoms with van der Waals surface area (Å²) in [5.41, 5.74) is 1.31. The van der Waals surface area contributed by atoms with E-state index >= 15 is 0 Å². The molecule has 11 heteroatoms. The maximum Gasteiger partial charge on any atom is 0.337 e. The second kappa shape index (κ2) is 12.5. The fourth-order valence-electron chi connectivity index (χ4n) is 4.22. The summed E-state index contributed by atoms with van der Waals surface area (Å²) in [5.74, 6) is 1.65. The minimum absolute atomic E-state index is 0.229. The van der Waals surface area contributed by atoms with Crippen LogP contribution in [-0.2, 0) is 9.53 Å². The van der Waals surface area contributed by atoms with Gasteiger partial charge < -0.3 is 23.7 Å². The van der Waals surface area contributed by atoms with Crippen LogP contribution in [-0.4, -0.2) is 44.6 Å². The molecule has 0 saturated carbocycles. The SMILES string of the molecule is CCOc1cc(Br)c(/C=c2\sc3n(c2=O)[C@@H](c2ccc(OCC)c(OCC)c2)C(C(=O)OC)=CN=3)cc1OC. The molecule has 206 valence electrons. The van der Waals surface area contributed by atoms with Gasteiger partial charge in [0, 0.05) is 10.7 Å². The third kappa shape index (κ3) is 5.74. The van der Waals surface area contributed by atoms with E-state index < -0.39 is 12.0 Å². The standard InChI is InChI=1S/C28H29BrN2O7S/c1-6-36-20-10-9-16(11-22(20)37-7-2)25-18(27(33)35-5)15-30-28-31(25)26(32)24(39-28)13-17-12-21(34-4)23(38-8-3)14-19(17)29/h9-15,25H,6-8H2,1-5H3/b24-13-/t25-/m0/s1. The van der Waals surface area contributed by atoms with Gasteiger partial charge in [0.05, 0.1) is 50.2 Å². The number of hydrogen-bond donors (Lipinski definition) is 0. The number of ether oxygens (including phenoxy) is 5. The molecule has 0 aliphatic carbocycles. The van der Waals surface area contributed by atoms with E-state index in [2.05, 4.69) is 20.9 Å². The fourth-order valence-corrected chi connectivity index (χ4v) is 5.61. The topological polar surface area (TPSA) is 97.6 Å². The third-order valence-electron chi connectivity index (χ3n) is 5.88. The van der Waals surface area contributed by atoms with Crippen LogP contribution >= 0.6 is 27.3 Å². The van der Waals surface area contributed by atoms with E-state index in [0.717, 1.165) is 10.0 Å². The molecular weight excluding hydrogens is 588 g/mol. The van der Waals surface area contributed by atoms with E-state index in [1.54, 1.807) is 37.5 Å². The Hall–Kier alpha value is -3.57. The molecule has 0 N–H and O–H groups in total. The van der Waals surface area contributed by atoms with E-state index in [9.17, 15) is 9.59 Å². The normalized spacial score (nSPS) is 14.7. The van der Waals surface area contributed by atoms with Gasteiger partial charge in [-0.2, -0.15) is 0 Å². The molecule has 0 saturated heterocycles. The Labute approximate surface area is 238 Å². The first-order chi connectivity index (χ1) is 18.9. The molecular formula is C28H29BrN2O7S. The van der Waals surface area contributed by atoms with Crippen molar-refractivity contribution in [2.24, 2.45) is 4.99 Å². The van der Waals surface area contributed by atoms with Crippen molar-refractivity contribution in [3.05, 3.63) is 77.4 Å². The minimum Gasteiger partial charge on any atom is -0.493 e. The summed E-state index contributed by atoms with van der Waals surface area (Å²) < 4.78 is 30.3. The number of aromatic nitrogens is 1. The van der Waals surface area contributed by atoms with Crippen LogP contribution in [0.5, 0.6) is 23.0 Å². The number of carbonyl (C=O) groups excluding carboxylic acids is 1. The lowest BCUT2D eigenvalue weighted by Crippen LogP contribution is -2.39. The average Bonchev–Trinajstić information content (AvgIpc) is 3.25. The molecule has 1 atom stereocenters. The first-order valence-electron chi connectivity index (χ1n) is 12.4. The van der Waals surface area contributed by atoms with Crippen molar-refractivity contribution in [3.63, 3.8) is 0 Å². The quantitative estimate of drug-likeness (QED) is 0.318. The Morgan fingerprint density at radius 2 is 1.67 bits per heavy atom. The Morgan fingerprint density at radius 3 is 2.31 bits per heavy atom. The number of carbonyl (C=O) groups is 1. The van der Waals surface area contributed by atoms with Crippen molar-refractivity contribution in [2.75, 3.05) is 34.0 Å². The van der Waals surface area contributed by atoms with E-state index in [0.29, 0.717) is 57.7 Å². The van der Waals surface area contributed by atoms with Crippen LogP contribution in [0, 0.1) is 0 Å². The van der Waals surface area contributed by atoms with Gasteiger partial charge in [-0.05, 0) is 62.2 Å². The van der Waals surface area contributed by atoms with Crippen molar-refractivity contribution in [1.29, 1.82) is 0 Å².